The first-order chi connectivity index (χ1) is 14.9. The molecule has 0 aromatic carbocycles. The maximum atomic E-state index is 11.9. The molecule has 1 aliphatic heterocycles. The number of likely N-dealkylation sites (N-methyl/N-ethyl adjacent to an activating group) is 1. The van der Waals surface area contributed by atoms with E-state index in [1.54, 1.807) is 27.7 Å². The van der Waals surface area contributed by atoms with Crippen LogP contribution in [-0.4, -0.2) is 71.4 Å². The van der Waals surface area contributed by atoms with Gasteiger partial charge in [-0.05, 0) is 58.6 Å². The van der Waals surface area contributed by atoms with Crippen LogP contribution in [0.1, 0.15) is 61.3 Å². The highest BCUT2D eigenvalue weighted by atomic mass is 16.6. The molecule has 0 bridgehead atoms. The average molecular weight is 455 g/mol. The van der Waals surface area contributed by atoms with Crippen molar-refractivity contribution < 1.29 is 29.0 Å². The fourth-order valence-electron chi connectivity index (χ4n) is 2.97. The van der Waals surface area contributed by atoms with E-state index in [0.29, 0.717) is 26.1 Å². The number of amides is 2. The zero-order valence-corrected chi connectivity index (χ0v) is 21.1. The van der Waals surface area contributed by atoms with Crippen LogP contribution in [0.25, 0.3) is 0 Å². The Hall–Kier alpha value is -2.77. The van der Waals surface area contributed by atoms with Crippen molar-refractivity contribution in [3.8, 4) is 0 Å². The molecule has 1 aliphatic rings. The fourth-order valence-corrected chi connectivity index (χ4v) is 2.97. The quantitative estimate of drug-likeness (QED) is 0.450. The van der Waals surface area contributed by atoms with Crippen molar-refractivity contribution in [1.29, 1.82) is 0 Å². The first-order valence-corrected chi connectivity index (χ1v) is 10.8. The topological polar surface area (TPSA) is 96.4 Å². The summed E-state index contributed by atoms with van der Waals surface area (Å²) in [6.45, 7) is 20.5. The lowest BCUT2D eigenvalue weighted by Gasteiger charge is -2.30. The molecule has 0 saturated carbocycles. The third-order valence-corrected chi connectivity index (χ3v) is 4.41. The summed E-state index contributed by atoms with van der Waals surface area (Å²) in [5.41, 5.74) is 1.73. The Labute approximate surface area is 193 Å². The van der Waals surface area contributed by atoms with Gasteiger partial charge >= 0.3 is 18.2 Å². The minimum Gasteiger partial charge on any atom is -0.467 e. The average Bonchev–Trinajstić information content (AvgIpc) is 3.15. The van der Waals surface area contributed by atoms with Gasteiger partial charge in [0, 0.05) is 19.6 Å². The molecule has 1 rings (SSSR count). The lowest BCUT2D eigenvalue weighted by Crippen LogP contribution is -2.47. The van der Waals surface area contributed by atoms with Crippen molar-refractivity contribution in [2.75, 3.05) is 26.7 Å². The van der Waals surface area contributed by atoms with E-state index in [0.717, 1.165) is 17.6 Å². The van der Waals surface area contributed by atoms with Crippen molar-refractivity contribution in [1.82, 2.24) is 9.80 Å². The molecule has 0 aromatic rings. The standard InChI is InChI=1S/C12H23NO4.C10H15NO2.C2H4/c1-7-9(10(14)16-6)13(8-2)11(15)17-12(3,4)5;1-3-5-9-7-11(10(12)13)6-8(9)4-2;1-2/h9H,7-8H2,1-6H3;4-5H,3,6-7H2,1-2H3,(H,12,13);1-2H2/b;8-4-,9-5-;. The van der Waals surface area contributed by atoms with Crippen molar-refractivity contribution >= 4 is 18.2 Å². The number of likely N-dealkylation sites (tertiary alicyclic amines) is 1. The number of carbonyl (C=O) groups excluding carboxylic acids is 2. The predicted molar refractivity (Wildman–Crippen MR) is 128 cm³/mol. The molecule has 1 N–H and O–H groups in total. The molecule has 32 heavy (non-hydrogen) atoms. The maximum Gasteiger partial charge on any atom is 0.411 e. The molecule has 0 aliphatic carbocycles. The Balaban J connectivity index is 0. The van der Waals surface area contributed by atoms with E-state index in [-0.39, 0.29) is 0 Å². The zero-order chi connectivity index (χ0) is 25.5. The molecule has 8 nitrogen and oxygen atoms in total. The number of rotatable bonds is 5. The number of esters is 1. The highest BCUT2D eigenvalue weighted by molar-refractivity contribution is 5.81. The Morgan fingerprint density at radius 3 is 2.03 bits per heavy atom. The van der Waals surface area contributed by atoms with Crippen LogP contribution in [0, 0.1) is 0 Å². The van der Waals surface area contributed by atoms with E-state index < -0.39 is 29.8 Å². The number of allylic oxidation sites excluding steroid dienone is 2. The Bertz CT molecular complexity index is 664. The molecule has 1 heterocycles. The minimum absolute atomic E-state index is 0.405. The number of hydrogen-bond donors (Lipinski definition) is 1. The molecule has 1 unspecified atom stereocenters. The van der Waals surface area contributed by atoms with Crippen LogP contribution in [0.15, 0.2) is 36.5 Å². The van der Waals surface area contributed by atoms with Crippen LogP contribution < -0.4 is 0 Å². The van der Waals surface area contributed by atoms with E-state index in [9.17, 15) is 14.4 Å². The molecule has 1 saturated heterocycles. The third-order valence-electron chi connectivity index (χ3n) is 4.41. The number of ether oxygens (including phenoxy) is 2. The second kappa shape index (κ2) is 15.9. The minimum atomic E-state index is -0.834. The fraction of sp³-hybridized carbons (Fsp3) is 0.625. The summed E-state index contributed by atoms with van der Waals surface area (Å²) in [5, 5.41) is 8.78. The van der Waals surface area contributed by atoms with Crippen molar-refractivity contribution in [2.45, 2.75) is 73.0 Å². The smallest absolute Gasteiger partial charge is 0.411 e. The van der Waals surface area contributed by atoms with Gasteiger partial charge in [-0.3, -0.25) is 9.80 Å². The van der Waals surface area contributed by atoms with Gasteiger partial charge in [-0.1, -0.05) is 26.0 Å². The second-order valence-corrected chi connectivity index (χ2v) is 7.80. The zero-order valence-electron chi connectivity index (χ0n) is 21.1. The summed E-state index contributed by atoms with van der Waals surface area (Å²) in [6.07, 6.45) is 4.22. The van der Waals surface area contributed by atoms with Gasteiger partial charge in [-0.15, -0.1) is 13.2 Å². The number of methoxy groups -OCH3 is 1. The summed E-state index contributed by atoms with van der Waals surface area (Å²) in [5.74, 6) is -0.416. The van der Waals surface area contributed by atoms with Crippen LogP contribution >= 0.6 is 0 Å². The van der Waals surface area contributed by atoms with Crippen molar-refractivity contribution in [3.05, 3.63) is 36.5 Å². The van der Waals surface area contributed by atoms with Gasteiger partial charge < -0.3 is 14.6 Å². The van der Waals surface area contributed by atoms with Gasteiger partial charge in [-0.25, -0.2) is 14.4 Å². The van der Waals surface area contributed by atoms with Crippen LogP contribution in [0.2, 0.25) is 0 Å². The highest BCUT2D eigenvalue weighted by Crippen LogP contribution is 2.22. The Morgan fingerprint density at radius 1 is 1.16 bits per heavy atom. The number of carboxylic acid groups (broad SMARTS) is 1. The van der Waals surface area contributed by atoms with Gasteiger partial charge in [0.25, 0.3) is 0 Å². The molecular weight excluding hydrogens is 412 g/mol. The summed E-state index contributed by atoms with van der Waals surface area (Å²) in [6, 6.07) is -0.583. The molecule has 1 fully saturated rings. The molecule has 184 valence electrons. The van der Waals surface area contributed by atoms with E-state index in [2.05, 4.69) is 30.9 Å². The summed E-state index contributed by atoms with van der Waals surface area (Å²) in [4.78, 5) is 36.9. The van der Waals surface area contributed by atoms with E-state index in [1.807, 2.05) is 19.9 Å². The highest BCUT2D eigenvalue weighted by Gasteiger charge is 2.31. The summed E-state index contributed by atoms with van der Waals surface area (Å²) >= 11 is 0. The Morgan fingerprint density at radius 2 is 1.69 bits per heavy atom. The molecular formula is C24H42N2O6. The first kappa shape index (κ1) is 31.4. The predicted octanol–water partition coefficient (Wildman–Crippen LogP) is 5.26. The van der Waals surface area contributed by atoms with E-state index >= 15 is 0 Å². The molecule has 1 atom stereocenters. The summed E-state index contributed by atoms with van der Waals surface area (Å²) in [7, 11) is 1.31. The number of hydrogen-bond acceptors (Lipinski definition) is 5. The SMILES string of the molecule is C/C=C1/CN(C(=O)O)C/C1=C/CC.C=C.CCC(C(=O)OC)N(CC)C(=O)OC(C)(C)C. The third kappa shape index (κ3) is 11.0. The van der Waals surface area contributed by atoms with Gasteiger partial charge in [0.2, 0.25) is 0 Å². The van der Waals surface area contributed by atoms with E-state index in [4.69, 9.17) is 9.84 Å². The second-order valence-electron chi connectivity index (χ2n) is 7.80. The largest absolute Gasteiger partial charge is 0.467 e. The van der Waals surface area contributed by atoms with Crippen LogP contribution in [0.4, 0.5) is 9.59 Å². The van der Waals surface area contributed by atoms with Crippen molar-refractivity contribution in [3.63, 3.8) is 0 Å². The van der Waals surface area contributed by atoms with Crippen LogP contribution in [-0.2, 0) is 14.3 Å². The molecule has 0 radical (unpaired) electrons. The normalized spacial score (nSPS) is 16.3. The molecule has 0 aromatic heterocycles. The molecule has 0 spiro atoms. The lowest BCUT2D eigenvalue weighted by molar-refractivity contribution is -0.146. The Kier molecular flexibility index (Phi) is 15.7. The first-order valence-electron chi connectivity index (χ1n) is 10.8. The number of carbonyl (C=O) groups is 3. The van der Waals surface area contributed by atoms with Gasteiger partial charge in [0.15, 0.2) is 0 Å². The van der Waals surface area contributed by atoms with Gasteiger partial charge in [0.1, 0.15) is 11.6 Å². The van der Waals surface area contributed by atoms with Crippen LogP contribution in [0.5, 0.6) is 0 Å². The van der Waals surface area contributed by atoms with Crippen molar-refractivity contribution in [2.24, 2.45) is 0 Å². The molecule has 8 heteroatoms. The monoisotopic (exact) mass is 454 g/mol. The van der Waals surface area contributed by atoms with E-state index in [1.165, 1.54) is 16.9 Å². The molecule has 2 amide bonds. The maximum absolute atomic E-state index is 11.9. The van der Waals surface area contributed by atoms with Gasteiger partial charge in [-0.2, -0.15) is 0 Å². The van der Waals surface area contributed by atoms with Crippen LogP contribution in [0.3, 0.4) is 0 Å². The number of nitrogens with zero attached hydrogens (tertiary/aromatic N) is 2. The summed E-state index contributed by atoms with van der Waals surface area (Å²) < 4.78 is 9.93. The van der Waals surface area contributed by atoms with Gasteiger partial charge in [0.05, 0.1) is 7.11 Å². The lowest BCUT2D eigenvalue weighted by atomic mass is 10.1.